The molecule has 0 fully saturated rings. The van der Waals surface area contributed by atoms with Crippen molar-refractivity contribution >= 4 is 65.7 Å². The van der Waals surface area contributed by atoms with Crippen molar-refractivity contribution in [3.8, 4) is 11.1 Å². The standard InChI is InChI=1S/C36H24/c1-36(2,3)31-20-14-25-12-18-29-27(16-10-24-13-19-30(31)35(25)34(24)29)26-15-9-23-8-7-21-5-4-6-22-11-17-28(26)33(23)32(21)22/h5,7-20H,1-3H3. The molecule has 0 atom stereocenters. The van der Waals surface area contributed by atoms with Crippen molar-refractivity contribution in [1.29, 1.82) is 0 Å². The average molecular weight is 457 g/mol. The quantitative estimate of drug-likeness (QED) is 0.171. The van der Waals surface area contributed by atoms with Crippen molar-refractivity contribution in [3.05, 3.63) is 107 Å². The van der Waals surface area contributed by atoms with Gasteiger partial charge in [-0.25, -0.2) is 0 Å². The second-order valence-electron chi connectivity index (χ2n) is 11.2. The maximum atomic E-state index is 3.33. The highest BCUT2D eigenvalue weighted by atomic mass is 14.2. The van der Waals surface area contributed by atoms with E-state index in [1.807, 2.05) is 0 Å². The Labute approximate surface area is 209 Å². The first kappa shape index (κ1) is 19.9. The first-order chi connectivity index (χ1) is 17.5. The number of hydrogen-bond acceptors (Lipinski definition) is 0. The van der Waals surface area contributed by atoms with Crippen LogP contribution in [0.4, 0.5) is 0 Å². The molecule has 0 nitrogen and oxygen atoms in total. The second-order valence-corrected chi connectivity index (χ2v) is 11.2. The molecule has 0 unspecified atom stereocenters. The summed E-state index contributed by atoms with van der Waals surface area (Å²) >= 11 is 0. The van der Waals surface area contributed by atoms with Crippen LogP contribution in [-0.2, 0) is 5.41 Å². The van der Waals surface area contributed by atoms with E-state index in [4.69, 9.17) is 0 Å². The summed E-state index contributed by atoms with van der Waals surface area (Å²) in [6.07, 6.45) is 2.05. The molecule has 8 rings (SSSR count). The van der Waals surface area contributed by atoms with Crippen molar-refractivity contribution in [3.63, 3.8) is 0 Å². The van der Waals surface area contributed by atoms with E-state index in [0.29, 0.717) is 0 Å². The van der Waals surface area contributed by atoms with Gasteiger partial charge in [-0.3, -0.25) is 0 Å². The summed E-state index contributed by atoms with van der Waals surface area (Å²) < 4.78 is 0. The SMILES string of the molecule is CC(C)(C)c1ccc2ccc3c(-c4ccc5ccc6c7c(ccc4c57)=C=C=C6)ccc4ccc1c2c43. The van der Waals surface area contributed by atoms with Crippen molar-refractivity contribution in [2.75, 3.05) is 0 Å². The molecule has 0 heteroatoms. The highest BCUT2D eigenvalue weighted by molar-refractivity contribution is 6.27. The second kappa shape index (κ2) is 6.66. The molecule has 168 valence electrons. The Morgan fingerprint density at radius 2 is 1.03 bits per heavy atom. The van der Waals surface area contributed by atoms with Crippen molar-refractivity contribution in [1.82, 2.24) is 0 Å². The van der Waals surface area contributed by atoms with Gasteiger partial charge in [-0.1, -0.05) is 111 Å². The van der Waals surface area contributed by atoms with Crippen LogP contribution >= 0.6 is 0 Å². The van der Waals surface area contributed by atoms with E-state index in [1.54, 1.807) is 0 Å². The van der Waals surface area contributed by atoms with Crippen LogP contribution in [-0.4, -0.2) is 0 Å². The van der Waals surface area contributed by atoms with Gasteiger partial charge in [0.2, 0.25) is 0 Å². The predicted octanol–water partition coefficient (Wildman–Crippen LogP) is 9.14. The van der Waals surface area contributed by atoms with Crippen LogP contribution in [0.3, 0.4) is 0 Å². The molecule has 0 saturated heterocycles. The molecule has 0 bridgehead atoms. The van der Waals surface area contributed by atoms with E-state index in [2.05, 4.69) is 123 Å². The molecule has 7 aromatic carbocycles. The Hall–Kier alpha value is -4.34. The minimum absolute atomic E-state index is 0.0890. The van der Waals surface area contributed by atoms with Crippen molar-refractivity contribution in [2.24, 2.45) is 0 Å². The van der Waals surface area contributed by atoms with Crippen LogP contribution in [0.15, 0.2) is 90.7 Å². The Balaban J connectivity index is 1.53. The van der Waals surface area contributed by atoms with Gasteiger partial charge in [-0.15, -0.1) is 0 Å². The van der Waals surface area contributed by atoms with E-state index in [1.165, 1.54) is 76.1 Å². The zero-order valence-electron chi connectivity index (χ0n) is 20.7. The summed E-state index contributed by atoms with van der Waals surface area (Å²) in [5.41, 5.74) is 11.8. The van der Waals surface area contributed by atoms with Gasteiger partial charge in [0, 0.05) is 10.6 Å². The normalized spacial score (nSPS) is 13.1. The summed E-state index contributed by atoms with van der Waals surface area (Å²) in [4.78, 5) is 0. The molecular weight excluding hydrogens is 432 g/mol. The third-order valence-corrected chi connectivity index (χ3v) is 8.14. The van der Waals surface area contributed by atoms with E-state index in [0.717, 1.165) is 5.22 Å². The van der Waals surface area contributed by atoms with Crippen molar-refractivity contribution < 1.29 is 0 Å². The zero-order chi connectivity index (χ0) is 24.2. The van der Waals surface area contributed by atoms with Crippen LogP contribution in [0.25, 0.3) is 76.8 Å². The molecule has 0 aliphatic heterocycles. The smallest absolute Gasteiger partial charge is 0.0334 e. The summed E-state index contributed by atoms with van der Waals surface area (Å²) in [7, 11) is 0. The van der Waals surface area contributed by atoms with Gasteiger partial charge in [0.15, 0.2) is 0 Å². The number of rotatable bonds is 1. The molecule has 1 aliphatic carbocycles. The molecule has 0 saturated carbocycles. The van der Waals surface area contributed by atoms with Gasteiger partial charge in [0.25, 0.3) is 0 Å². The van der Waals surface area contributed by atoms with E-state index in [-0.39, 0.29) is 5.41 Å². The Bertz CT molecular complexity index is 2190. The molecule has 0 amide bonds. The van der Waals surface area contributed by atoms with Gasteiger partial charge >= 0.3 is 0 Å². The summed E-state index contributed by atoms with van der Waals surface area (Å²) in [5, 5.41) is 14.4. The molecule has 36 heavy (non-hydrogen) atoms. The minimum atomic E-state index is 0.0890. The van der Waals surface area contributed by atoms with Crippen LogP contribution < -0.4 is 5.22 Å². The zero-order valence-corrected chi connectivity index (χ0v) is 20.7. The highest BCUT2D eigenvalue weighted by Crippen LogP contribution is 2.44. The van der Waals surface area contributed by atoms with Crippen LogP contribution in [0.5, 0.6) is 0 Å². The summed E-state index contributed by atoms with van der Waals surface area (Å²) in [6, 6.07) is 32.0. The third kappa shape index (κ3) is 2.50. The fourth-order valence-corrected chi connectivity index (χ4v) is 6.52. The molecule has 0 radical (unpaired) electrons. The number of benzene rings is 7. The third-order valence-electron chi connectivity index (χ3n) is 8.14. The molecule has 1 aliphatic rings. The molecule has 0 N–H and O–H groups in total. The summed E-state index contributed by atoms with van der Waals surface area (Å²) in [5.74, 6) is 0. The van der Waals surface area contributed by atoms with Gasteiger partial charge in [0.05, 0.1) is 0 Å². The summed E-state index contributed by atoms with van der Waals surface area (Å²) in [6.45, 7) is 6.93. The van der Waals surface area contributed by atoms with Gasteiger partial charge in [-0.05, 0) is 88.3 Å². The lowest BCUT2D eigenvalue weighted by Gasteiger charge is -2.24. The lowest BCUT2D eigenvalue weighted by Crippen LogP contribution is -2.11. The molecule has 0 heterocycles. The van der Waals surface area contributed by atoms with Gasteiger partial charge < -0.3 is 0 Å². The fraction of sp³-hybridized carbons (Fsp3) is 0.111. The van der Waals surface area contributed by atoms with Crippen molar-refractivity contribution in [2.45, 2.75) is 26.2 Å². The van der Waals surface area contributed by atoms with Gasteiger partial charge in [-0.2, -0.15) is 0 Å². The van der Waals surface area contributed by atoms with Gasteiger partial charge in [0.1, 0.15) is 0 Å². The predicted molar refractivity (Wildman–Crippen MR) is 156 cm³/mol. The van der Waals surface area contributed by atoms with E-state index < -0.39 is 0 Å². The Morgan fingerprint density at radius 3 is 1.72 bits per heavy atom. The molecular formula is C36H24. The minimum Gasteiger partial charge on any atom is -0.0689 e. The average Bonchev–Trinajstić information content (AvgIpc) is 2.89. The Kier molecular flexibility index (Phi) is 3.68. The lowest BCUT2D eigenvalue weighted by atomic mass is 9.80. The van der Waals surface area contributed by atoms with E-state index in [9.17, 15) is 0 Å². The molecule has 0 spiro atoms. The largest absolute Gasteiger partial charge is 0.0689 e. The van der Waals surface area contributed by atoms with Crippen LogP contribution in [0.2, 0.25) is 0 Å². The van der Waals surface area contributed by atoms with Crippen LogP contribution in [0.1, 0.15) is 31.9 Å². The number of hydrogen-bond donors (Lipinski definition) is 0. The maximum Gasteiger partial charge on any atom is 0.0334 e. The lowest BCUT2D eigenvalue weighted by molar-refractivity contribution is 0.596. The molecule has 0 aromatic heterocycles. The first-order valence-corrected chi connectivity index (χ1v) is 12.7. The monoisotopic (exact) mass is 456 g/mol. The topological polar surface area (TPSA) is 0 Å². The maximum absolute atomic E-state index is 3.33. The highest BCUT2D eigenvalue weighted by Gasteiger charge is 2.21. The Morgan fingerprint density at radius 1 is 0.500 bits per heavy atom. The fourth-order valence-electron chi connectivity index (χ4n) is 6.52. The molecule has 7 aromatic rings. The van der Waals surface area contributed by atoms with E-state index >= 15 is 0 Å². The first-order valence-electron chi connectivity index (χ1n) is 12.7. The van der Waals surface area contributed by atoms with Crippen LogP contribution in [0, 0.1) is 0 Å².